The van der Waals surface area contributed by atoms with Gasteiger partial charge in [0.25, 0.3) is 0 Å². The lowest BCUT2D eigenvalue weighted by atomic mass is 10.0. The van der Waals surface area contributed by atoms with Crippen molar-refractivity contribution >= 4 is 22.6 Å². The van der Waals surface area contributed by atoms with E-state index >= 15 is 0 Å². The smallest absolute Gasteiger partial charge is 0.0358 e. The van der Waals surface area contributed by atoms with Crippen molar-refractivity contribution < 1.29 is 0 Å². The van der Waals surface area contributed by atoms with Gasteiger partial charge in [0, 0.05) is 63.0 Å². The highest BCUT2D eigenvalue weighted by Gasteiger charge is 2.10. The van der Waals surface area contributed by atoms with E-state index in [1.165, 1.54) is 0 Å². The van der Waals surface area contributed by atoms with Crippen LogP contribution in [0.5, 0.6) is 0 Å². The molecule has 3 rings (SSSR count). The Hall–Kier alpha value is -1.82. The summed E-state index contributed by atoms with van der Waals surface area (Å²) >= 11 is 2.35. The maximum atomic E-state index is 4.34. The maximum Gasteiger partial charge on any atom is 0.0358 e. The monoisotopic (exact) mass is 359 g/mol. The van der Waals surface area contributed by atoms with Crippen LogP contribution in [0, 0.1) is 3.57 Å². The number of aromatic nitrogens is 3. The van der Waals surface area contributed by atoms with Crippen LogP contribution in [0.1, 0.15) is 0 Å². The van der Waals surface area contributed by atoms with Crippen LogP contribution in [0.2, 0.25) is 0 Å². The van der Waals surface area contributed by atoms with Crippen LogP contribution in [0.4, 0.5) is 0 Å². The third-order valence-electron chi connectivity index (χ3n) is 2.83. The Labute approximate surface area is 124 Å². The topological polar surface area (TPSA) is 38.7 Å². The SMILES string of the molecule is Ic1c(-c2cccnc2)cncc1-c1cccnc1. The Bertz CT molecular complexity index is 627. The summed E-state index contributed by atoms with van der Waals surface area (Å²) in [5.41, 5.74) is 4.33. The van der Waals surface area contributed by atoms with Gasteiger partial charge >= 0.3 is 0 Å². The van der Waals surface area contributed by atoms with Crippen molar-refractivity contribution in [2.75, 3.05) is 0 Å². The van der Waals surface area contributed by atoms with Gasteiger partial charge in [0.1, 0.15) is 0 Å². The molecule has 19 heavy (non-hydrogen) atoms. The molecule has 3 aromatic heterocycles. The van der Waals surface area contributed by atoms with Crippen molar-refractivity contribution in [1.29, 1.82) is 0 Å². The molecule has 92 valence electrons. The van der Waals surface area contributed by atoms with E-state index in [0.717, 1.165) is 25.8 Å². The molecule has 0 aliphatic rings. The second-order valence-electron chi connectivity index (χ2n) is 4.03. The van der Waals surface area contributed by atoms with Crippen LogP contribution in [0.3, 0.4) is 0 Å². The van der Waals surface area contributed by atoms with E-state index in [0.29, 0.717) is 0 Å². The normalized spacial score (nSPS) is 10.4. The number of hydrogen-bond acceptors (Lipinski definition) is 3. The van der Waals surface area contributed by atoms with Gasteiger partial charge in [0.15, 0.2) is 0 Å². The van der Waals surface area contributed by atoms with Crippen LogP contribution in [0.15, 0.2) is 61.4 Å². The second-order valence-corrected chi connectivity index (χ2v) is 5.11. The first-order chi connectivity index (χ1) is 9.36. The zero-order valence-electron chi connectivity index (χ0n) is 9.99. The number of halogens is 1. The van der Waals surface area contributed by atoms with Gasteiger partial charge in [-0.15, -0.1) is 0 Å². The summed E-state index contributed by atoms with van der Waals surface area (Å²) in [7, 11) is 0. The molecular weight excluding hydrogens is 349 g/mol. The molecule has 0 aliphatic heterocycles. The molecule has 0 atom stereocenters. The first kappa shape index (κ1) is 12.2. The van der Waals surface area contributed by atoms with Crippen LogP contribution in [0.25, 0.3) is 22.3 Å². The number of pyridine rings is 3. The number of hydrogen-bond donors (Lipinski definition) is 0. The summed E-state index contributed by atoms with van der Waals surface area (Å²) in [6.45, 7) is 0. The molecular formula is C15H10IN3. The Morgan fingerprint density at radius 3 is 1.63 bits per heavy atom. The molecule has 3 heterocycles. The highest BCUT2D eigenvalue weighted by molar-refractivity contribution is 14.1. The molecule has 3 nitrogen and oxygen atoms in total. The fourth-order valence-electron chi connectivity index (χ4n) is 1.89. The van der Waals surface area contributed by atoms with Gasteiger partial charge < -0.3 is 0 Å². The van der Waals surface area contributed by atoms with Gasteiger partial charge in [-0.3, -0.25) is 15.0 Å². The van der Waals surface area contributed by atoms with Gasteiger partial charge in [-0.25, -0.2) is 0 Å². The van der Waals surface area contributed by atoms with E-state index in [1.807, 2.05) is 49.1 Å². The zero-order valence-corrected chi connectivity index (χ0v) is 12.2. The minimum Gasteiger partial charge on any atom is -0.264 e. The molecule has 3 aromatic rings. The summed E-state index contributed by atoms with van der Waals surface area (Å²) in [6, 6.07) is 7.95. The predicted molar refractivity (Wildman–Crippen MR) is 83.4 cm³/mol. The molecule has 0 saturated carbocycles. The highest BCUT2D eigenvalue weighted by atomic mass is 127. The van der Waals surface area contributed by atoms with Crippen LogP contribution in [-0.2, 0) is 0 Å². The van der Waals surface area contributed by atoms with Crippen molar-refractivity contribution in [3.8, 4) is 22.3 Å². The molecule has 0 saturated heterocycles. The molecule has 0 aliphatic carbocycles. The Kier molecular flexibility index (Phi) is 3.50. The molecule has 4 heteroatoms. The van der Waals surface area contributed by atoms with Crippen molar-refractivity contribution in [3.05, 3.63) is 65.0 Å². The molecule has 0 aromatic carbocycles. The molecule has 0 amide bonds. The van der Waals surface area contributed by atoms with Gasteiger partial charge in [-0.2, -0.15) is 0 Å². The average molecular weight is 359 g/mol. The van der Waals surface area contributed by atoms with E-state index < -0.39 is 0 Å². The average Bonchev–Trinajstić information content (AvgIpc) is 2.49. The van der Waals surface area contributed by atoms with E-state index in [2.05, 4.69) is 37.5 Å². The quantitative estimate of drug-likeness (QED) is 0.654. The Balaban J connectivity index is 2.15. The van der Waals surface area contributed by atoms with Gasteiger partial charge in [-0.05, 0) is 34.7 Å². The number of nitrogens with zero attached hydrogens (tertiary/aromatic N) is 3. The van der Waals surface area contributed by atoms with Crippen molar-refractivity contribution in [1.82, 2.24) is 15.0 Å². The van der Waals surface area contributed by atoms with Crippen LogP contribution < -0.4 is 0 Å². The maximum absolute atomic E-state index is 4.34. The van der Waals surface area contributed by atoms with E-state index in [-0.39, 0.29) is 0 Å². The van der Waals surface area contributed by atoms with Crippen molar-refractivity contribution in [2.45, 2.75) is 0 Å². The Morgan fingerprint density at radius 1 is 0.684 bits per heavy atom. The fourth-order valence-corrected chi connectivity index (χ4v) is 2.79. The van der Waals surface area contributed by atoms with Gasteiger partial charge in [0.05, 0.1) is 0 Å². The second kappa shape index (κ2) is 5.44. The fraction of sp³-hybridized carbons (Fsp3) is 0. The lowest BCUT2D eigenvalue weighted by Gasteiger charge is -2.09. The molecule has 0 fully saturated rings. The zero-order chi connectivity index (χ0) is 13.1. The third-order valence-corrected chi connectivity index (χ3v) is 3.99. The lowest BCUT2D eigenvalue weighted by molar-refractivity contribution is 1.27. The van der Waals surface area contributed by atoms with Crippen LogP contribution >= 0.6 is 22.6 Å². The summed E-state index contributed by atoms with van der Waals surface area (Å²) in [5, 5.41) is 0. The molecule has 0 radical (unpaired) electrons. The predicted octanol–water partition coefficient (Wildman–Crippen LogP) is 3.81. The van der Waals surface area contributed by atoms with E-state index in [1.54, 1.807) is 12.4 Å². The molecule has 0 spiro atoms. The number of rotatable bonds is 2. The van der Waals surface area contributed by atoms with E-state index in [4.69, 9.17) is 0 Å². The summed E-state index contributed by atoms with van der Waals surface area (Å²) in [5.74, 6) is 0. The summed E-state index contributed by atoms with van der Waals surface area (Å²) in [4.78, 5) is 12.7. The van der Waals surface area contributed by atoms with Gasteiger partial charge in [-0.1, -0.05) is 12.1 Å². The minimum absolute atomic E-state index is 1.07. The standard InChI is InChI=1S/C15H10IN3/c16-15-13(11-3-1-5-17-7-11)9-19-10-14(15)12-4-2-6-18-8-12/h1-10H. The molecule has 0 N–H and O–H groups in total. The molecule has 0 bridgehead atoms. The van der Waals surface area contributed by atoms with Crippen molar-refractivity contribution in [2.24, 2.45) is 0 Å². The van der Waals surface area contributed by atoms with Crippen molar-refractivity contribution in [3.63, 3.8) is 0 Å². The molecule has 0 unspecified atom stereocenters. The third kappa shape index (κ3) is 2.49. The lowest BCUT2D eigenvalue weighted by Crippen LogP contribution is -1.91. The highest BCUT2D eigenvalue weighted by Crippen LogP contribution is 2.31. The minimum atomic E-state index is 1.07. The largest absolute Gasteiger partial charge is 0.264 e. The summed E-state index contributed by atoms with van der Waals surface area (Å²) < 4.78 is 1.16. The van der Waals surface area contributed by atoms with Gasteiger partial charge in [0.2, 0.25) is 0 Å². The summed E-state index contributed by atoms with van der Waals surface area (Å²) in [6.07, 6.45) is 11.0. The first-order valence-electron chi connectivity index (χ1n) is 5.80. The first-order valence-corrected chi connectivity index (χ1v) is 6.88. The van der Waals surface area contributed by atoms with Crippen LogP contribution in [-0.4, -0.2) is 15.0 Å². The Morgan fingerprint density at radius 2 is 1.21 bits per heavy atom. The van der Waals surface area contributed by atoms with E-state index in [9.17, 15) is 0 Å².